The highest BCUT2D eigenvalue weighted by molar-refractivity contribution is 7.92. The second-order valence-corrected chi connectivity index (χ2v) is 9.80. The van der Waals surface area contributed by atoms with Crippen molar-refractivity contribution in [2.24, 2.45) is 5.41 Å². The molecule has 1 aromatic heterocycles. The van der Waals surface area contributed by atoms with E-state index in [2.05, 4.69) is 5.32 Å². The summed E-state index contributed by atoms with van der Waals surface area (Å²) in [4.78, 5) is 14.5. The highest BCUT2D eigenvalue weighted by Crippen LogP contribution is 2.56. The van der Waals surface area contributed by atoms with Gasteiger partial charge in [-0.2, -0.15) is 11.3 Å². The van der Waals surface area contributed by atoms with Crippen LogP contribution in [0.5, 0.6) is 0 Å². The van der Waals surface area contributed by atoms with Gasteiger partial charge in [-0.15, -0.1) is 0 Å². The summed E-state index contributed by atoms with van der Waals surface area (Å²) in [6.45, 7) is 4.10. The van der Waals surface area contributed by atoms with E-state index in [0.29, 0.717) is 6.54 Å². The van der Waals surface area contributed by atoms with E-state index < -0.39 is 9.84 Å². The van der Waals surface area contributed by atoms with Gasteiger partial charge in [-0.3, -0.25) is 4.79 Å². The van der Waals surface area contributed by atoms with E-state index in [4.69, 9.17) is 0 Å². The molecule has 1 aliphatic carbocycles. The summed E-state index contributed by atoms with van der Waals surface area (Å²) in [6, 6.07) is 2.21. The van der Waals surface area contributed by atoms with Crippen molar-refractivity contribution in [3.8, 4) is 0 Å². The molecule has 2 aliphatic rings. The van der Waals surface area contributed by atoms with E-state index in [-0.39, 0.29) is 28.9 Å². The number of carbonyl (C=O) groups is 1. The molecule has 1 saturated heterocycles. The van der Waals surface area contributed by atoms with Crippen LogP contribution in [-0.4, -0.2) is 49.9 Å². The number of hydrogen-bond acceptors (Lipinski definition) is 5. The lowest BCUT2D eigenvalue weighted by atomic mass is 9.93. The third-order valence-corrected chi connectivity index (χ3v) is 7.46. The summed E-state index contributed by atoms with van der Waals surface area (Å²) in [7, 11) is -3.29. The molecule has 2 heterocycles. The Morgan fingerprint density at radius 2 is 2.17 bits per heavy atom. The second-order valence-electron chi connectivity index (χ2n) is 6.66. The van der Waals surface area contributed by atoms with Gasteiger partial charge in [-0.25, -0.2) is 8.42 Å². The highest BCUT2D eigenvalue weighted by Gasteiger charge is 2.57. The molecule has 1 N–H and O–H groups in total. The van der Waals surface area contributed by atoms with Crippen LogP contribution in [0.25, 0.3) is 0 Å². The number of thiophene rings is 1. The van der Waals surface area contributed by atoms with Crippen LogP contribution in [0, 0.1) is 5.41 Å². The molecule has 0 aromatic carbocycles. The minimum Gasteiger partial charge on any atom is -0.334 e. The second kappa shape index (κ2) is 6.53. The maximum atomic E-state index is 12.7. The zero-order chi connectivity index (χ0) is 16.5. The van der Waals surface area contributed by atoms with Crippen molar-refractivity contribution in [3.63, 3.8) is 0 Å². The monoisotopic (exact) mass is 356 g/mol. The fourth-order valence-electron chi connectivity index (χ4n) is 3.55. The van der Waals surface area contributed by atoms with Gasteiger partial charge in [0.1, 0.15) is 5.75 Å². The summed E-state index contributed by atoms with van der Waals surface area (Å²) >= 11 is 1.60. The van der Waals surface area contributed by atoms with Crippen molar-refractivity contribution in [1.82, 2.24) is 10.2 Å². The Hall–Kier alpha value is -0.920. The van der Waals surface area contributed by atoms with E-state index in [1.807, 2.05) is 21.7 Å². The first-order valence-corrected chi connectivity index (χ1v) is 10.9. The molecule has 128 valence electrons. The number of nitrogens with one attached hydrogen (secondary N) is 1. The van der Waals surface area contributed by atoms with Gasteiger partial charge in [0.15, 0.2) is 9.84 Å². The van der Waals surface area contributed by atoms with Crippen molar-refractivity contribution in [2.45, 2.75) is 38.8 Å². The molecule has 1 amide bonds. The largest absolute Gasteiger partial charge is 0.334 e. The van der Waals surface area contributed by atoms with Crippen LogP contribution in [0.3, 0.4) is 0 Å². The number of rotatable bonds is 6. The van der Waals surface area contributed by atoms with Crippen molar-refractivity contribution in [1.29, 1.82) is 0 Å². The Morgan fingerprint density at radius 3 is 2.78 bits per heavy atom. The molecule has 2 fully saturated rings. The van der Waals surface area contributed by atoms with Gasteiger partial charge < -0.3 is 10.2 Å². The number of carbonyl (C=O) groups excluding carboxylic acids is 1. The van der Waals surface area contributed by atoms with Crippen LogP contribution < -0.4 is 5.32 Å². The summed E-state index contributed by atoms with van der Waals surface area (Å²) in [5.74, 6) is -0.582. The molecule has 0 bridgehead atoms. The van der Waals surface area contributed by atoms with Crippen LogP contribution in [0.4, 0.5) is 0 Å². The molecule has 0 radical (unpaired) electrons. The van der Waals surface area contributed by atoms with E-state index in [1.54, 1.807) is 18.3 Å². The topological polar surface area (TPSA) is 66.5 Å². The Morgan fingerprint density at radius 1 is 1.43 bits per heavy atom. The predicted octanol–water partition coefficient (Wildman–Crippen LogP) is 1.65. The van der Waals surface area contributed by atoms with Crippen LogP contribution in [0.2, 0.25) is 0 Å². The summed E-state index contributed by atoms with van der Waals surface area (Å²) in [6.07, 6.45) is 3.16. The predicted molar refractivity (Wildman–Crippen MR) is 92.1 cm³/mol. The number of amides is 1. The minimum atomic E-state index is -3.29. The van der Waals surface area contributed by atoms with Crippen LogP contribution in [0.1, 0.15) is 31.7 Å². The minimum absolute atomic E-state index is 0.0186. The van der Waals surface area contributed by atoms with Crippen LogP contribution in [0.15, 0.2) is 16.8 Å². The maximum Gasteiger partial charge on any atom is 0.238 e. The molecule has 7 heteroatoms. The number of sulfone groups is 1. The van der Waals surface area contributed by atoms with E-state index in [9.17, 15) is 13.2 Å². The quantitative estimate of drug-likeness (QED) is 0.842. The van der Waals surface area contributed by atoms with Crippen molar-refractivity contribution < 1.29 is 13.2 Å². The van der Waals surface area contributed by atoms with Gasteiger partial charge in [0.05, 0.1) is 0 Å². The molecule has 1 spiro atoms. The molecule has 1 aliphatic heterocycles. The lowest BCUT2D eigenvalue weighted by molar-refractivity contribution is -0.130. The summed E-state index contributed by atoms with van der Waals surface area (Å²) in [5, 5.41) is 7.39. The number of hydrogen-bond donors (Lipinski definition) is 1. The molecular formula is C16H24N2O3S2. The van der Waals surface area contributed by atoms with Crippen LogP contribution in [-0.2, 0) is 21.2 Å². The van der Waals surface area contributed by atoms with Crippen molar-refractivity contribution >= 4 is 27.1 Å². The number of piperidine rings is 1. The fraction of sp³-hybridized carbons (Fsp3) is 0.688. The van der Waals surface area contributed by atoms with Gasteiger partial charge >= 0.3 is 0 Å². The summed E-state index contributed by atoms with van der Waals surface area (Å²) in [5.41, 5.74) is 1.31. The first kappa shape index (κ1) is 16.9. The SMILES string of the molecule is CCS(=O)(=O)CC(=O)N(Cc1ccsc1)[C@@H]1CC12CCNCC2. The Kier molecular flexibility index (Phi) is 4.80. The Labute approximate surface area is 142 Å². The molecule has 3 rings (SSSR count). The standard InChI is InChI=1S/C16H24N2O3S2/c1-2-23(20,21)12-15(19)18(10-13-3-8-22-11-13)14-9-16(14)4-6-17-7-5-16/h3,8,11,14,17H,2,4-7,9-10,12H2,1H3/t14-/m1/s1. The molecule has 23 heavy (non-hydrogen) atoms. The normalized spacial score (nSPS) is 22.9. The molecule has 0 unspecified atom stereocenters. The Balaban J connectivity index is 1.76. The third-order valence-electron chi connectivity index (χ3n) is 5.16. The highest BCUT2D eigenvalue weighted by atomic mass is 32.2. The molecule has 1 aromatic rings. The zero-order valence-electron chi connectivity index (χ0n) is 13.5. The number of nitrogens with zero attached hydrogens (tertiary/aromatic N) is 1. The lowest BCUT2D eigenvalue weighted by Crippen LogP contribution is -2.41. The summed E-state index contributed by atoms with van der Waals surface area (Å²) < 4.78 is 23.7. The average molecular weight is 357 g/mol. The van der Waals surface area contributed by atoms with E-state index >= 15 is 0 Å². The first-order chi connectivity index (χ1) is 11.0. The zero-order valence-corrected chi connectivity index (χ0v) is 15.1. The maximum absolute atomic E-state index is 12.7. The van der Waals surface area contributed by atoms with E-state index in [1.165, 1.54) is 0 Å². The first-order valence-electron chi connectivity index (χ1n) is 8.17. The van der Waals surface area contributed by atoms with Crippen molar-refractivity contribution in [2.75, 3.05) is 24.6 Å². The van der Waals surface area contributed by atoms with Gasteiger partial charge in [-0.1, -0.05) is 6.92 Å². The average Bonchev–Trinajstić information content (AvgIpc) is 2.97. The van der Waals surface area contributed by atoms with Gasteiger partial charge in [-0.05, 0) is 60.2 Å². The smallest absolute Gasteiger partial charge is 0.238 e. The third kappa shape index (κ3) is 3.78. The van der Waals surface area contributed by atoms with Gasteiger partial charge in [0.25, 0.3) is 0 Å². The Bertz CT molecular complexity index is 649. The molecule has 1 saturated carbocycles. The van der Waals surface area contributed by atoms with Gasteiger partial charge in [0.2, 0.25) is 5.91 Å². The van der Waals surface area contributed by atoms with Gasteiger partial charge in [0, 0.05) is 18.3 Å². The molecule has 1 atom stereocenters. The lowest BCUT2D eigenvalue weighted by Gasteiger charge is -2.29. The van der Waals surface area contributed by atoms with E-state index in [0.717, 1.165) is 37.9 Å². The van der Waals surface area contributed by atoms with Crippen molar-refractivity contribution in [3.05, 3.63) is 22.4 Å². The molecule has 5 nitrogen and oxygen atoms in total. The molecular weight excluding hydrogens is 332 g/mol. The van der Waals surface area contributed by atoms with Crippen LogP contribution >= 0.6 is 11.3 Å². The fourth-order valence-corrected chi connectivity index (χ4v) is 4.96.